The van der Waals surface area contributed by atoms with Gasteiger partial charge in [-0.2, -0.15) is 11.8 Å². The minimum absolute atomic E-state index is 0.0939. The number of thiophene rings is 1. The molecule has 0 spiro atoms. The van der Waals surface area contributed by atoms with Crippen molar-refractivity contribution >= 4 is 112 Å². The standard InChI is InChI=1S/C67H92N13O16PS2/c1-36(72-61(87)47(73-39(4)81)19-14-15-29-70-55(83)22-13-12-21-53-57-50(35-99-53)77-66(92)79-57)59(85)71-37(2)60(86)75-48(30-40-23-25-44(26-24-40)67(5,6)7)63(89)78-56(38(3)96-97(93,94)95)65(91)80-33-42-17-9-8-16-41(42)32-51(80)64(90)76-49(31-43-34-98-52-20-11-10-18-45(43)52)62(88)74-46(58(69)84)27-28-54(68)82/h8-11,16-18,20,23-26,34,36-38,46-51,53,56-57H,12-15,19,21-22,27-33,35H2,1-7H3,(H2,68,82)(H2,69,84)(H,70,83)(H,71,85)(H,72,87)(H,73,81)(H,74,88)(H,75,86)(H,76,90)(H,78,89)(H2,77,79,92)(H2,93,94,95)/t36-,37-,38+,46-,47-,48-,49-,50-,51-,53-,56-,57-/m0/s1. The number of nitrogens with zero attached hydrogens (tertiary/aromatic N) is 1. The van der Waals surface area contributed by atoms with Gasteiger partial charge in [0.1, 0.15) is 48.3 Å². The van der Waals surface area contributed by atoms with Crippen molar-refractivity contribution in [1.82, 2.24) is 58.1 Å². The second kappa shape index (κ2) is 35.5. The number of nitrogens with two attached hydrogens (primary N) is 2. The highest BCUT2D eigenvalue weighted by Gasteiger charge is 2.45. The zero-order chi connectivity index (χ0) is 72.5. The molecule has 3 aromatic carbocycles. The Balaban J connectivity index is 1.05. The number of carbonyl (C=O) groups is 12. The molecule has 4 heterocycles. The molecule has 32 heteroatoms. The predicted octanol–water partition coefficient (Wildman–Crippen LogP) is 1.65. The Hall–Kier alpha value is -8.48. The number of benzene rings is 3. The lowest BCUT2D eigenvalue weighted by Crippen LogP contribution is -2.63. The largest absolute Gasteiger partial charge is 0.469 e. The summed E-state index contributed by atoms with van der Waals surface area (Å²) in [6.45, 7) is 11.0. The molecule has 0 unspecified atom stereocenters. The summed E-state index contributed by atoms with van der Waals surface area (Å²) in [5, 5.41) is 29.8. The van der Waals surface area contributed by atoms with Crippen molar-refractivity contribution in [3.8, 4) is 0 Å². The Morgan fingerprint density at radius 3 is 1.99 bits per heavy atom. The van der Waals surface area contributed by atoms with Crippen LogP contribution in [0.5, 0.6) is 0 Å². The van der Waals surface area contributed by atoms with Crippen molar-refractivity contribution in [3.63, 3.8) is 0 Å². The molecule has 1 aromatic heterocycles. The van der Waals surface area contributed by atoms with Gasteiger partial charge in [0.15, 0.2) is 0 Å². The molecule has 3 aliphatic rings. The van der Waals surface area contributed by atoms with Crippen LogP contribution in [0, 0.1) is 0 Å². The number of hydrogen-bond donors (Lipinski definition) is 14. The number of primary amides is 2. The molecule has 538 valence electrons. The van der Waals surface area contributed by atoms with Crippen molar-refractivity contribution < 1.29 is 76.4 Å². The molecule has 13 amide bonds. The van der Waals surface area contributed by atoms with Gasteiger partial charge < -0.3 is 79.3 Å². The van der Waals surface area contributed by atoms with Gasteiger partial charge in [0, 0.05) is 67.8 Å². The third-order valence-electron chi connectivity index (χ3n) is 17.5. The van der Waals surface area contributed by atoms with Crippen molar-refractivity contribution in [1.29, 1.82) is 0 Å². The molecule has 2 saturated heterocycles. The average molecular weight is 1430 g/mol. The number of unbranched alkanes of at least 4 members (excludes halogenated alkanes) is 2. The van der Waals surface area contributed by atoms with Gasteiger partial charge in [-0.05, 0) is 109 Å². The molecular formula is C67H92N13O16PS2. The fourth-order valence-electron chi connectivity index (χ4n) is 12.1. The Labute approximate surface area is 582 Å². The molecular weight excluding hydrogens is 1340 g/mol. The highest BCUT2D eigenvalue weighted by molar-refractivity contribution is 8.00. The number of phosphoric ester groups is 1. The number of phosphoric acid groups is 1. The lowest BCUT2D eigenvalue weighted by molar-refractivity contribution is -0.147. The average Bonchev–Trinajstić information content (AvgIpc) is 1.79. The minimum Gasteiger partial charge on any atom is -0.370 e. The number of thioether (sulfide) groups is 1. The van der Waals surface area contributed by atoms with Crippen LogP contribution in [0.2, 0.25) is 0 Å². The summed E-state index contributed by atoms with van der Waals surface area (Å²) in [4.78, 5) is 184. The topological polar surface area (TPSA) is 447 Å². The molecule has 0 radical (unpaired) electrons. The maximum atomic E-state index is 15.5. The fourth-order valence-corrected chi connectivity index (χ4v) is 15.1. The number of amides is 13. The van der Waals surface area contributed by atoms with E-state index >= 15 is 14.4 Å². The van der Waals surface area contributed by atoms with E-state index in [2.05, 4.69) is 53.2 Å². The van der Waals surface area contributed by atoms with Gasteiger partial charge in [-0.25, -0.2) is 9.36 Å². The van der Waals surface area contributed by atoms with Crippen LogP contribution in [0.3, 0.4) is 0 Å². The molecule has 7 rings (SSSR count). The van der Waals surface area contributed by atoms with Gasteiger partial charge in [-0.15, -0.1) is 11.3 Å². The van der Waals surface area contributed by atoms with E-state index in [4.69, 9.17) is 16.0 Å². The maximum absolute atomic E-state index is 15.5. The molecule has 4 aromatic rings. The minimum atomic E-state index is -5.47. The molecule has 99 heavy (non-hydrogen) atoms. The number of rotatable bonds is 35. The number of nitrogens with one attached hydrogen (secondary N) is 10. The summed E-state index contributed by atoms with van der Waals surface area (Å²) in [6.07, 6.45) is 0.739. The highest BCUT2D eigenvalue weighted by Crippen LogP contribution is 2.39. The van der Waals surface area contributed by atoms with E-state index in [1.54, 1.807) is 47.8 Å². The molecule has 0 saturated carbocycles. The van der Waals surface area contributed by atoms with Crippen LogP contribution >= 0.6 is 30.9 Å². The Morgan fingerprint density at radius 2 is 1.32 bits per heavy atom. The first kappa shape index (κ1) is 77.9. The SMILES string of the molecule is CC(=O)N[C@@H](CCCCNC(=O)CCCC[C@@H]1SC[C@@H]2NC(=O)N[C@@H]21)C(=O)N[C@@H](C)C(=O)N[C@@H](C)C(=O)N[C@@H](Cc1ccc(C(C)(C)C)cc1)C(=O)N[C@H](C(=O)N1Cc2ccccc2C[C@H]1C(=O)N[C@@H](Cc1csc2ccccc12)C(=O)N[C@@H](CCC(N)=O)C(N)=O)[C@@H](C)OP(=O)(O)O. The van der Waals surface area contributed by atoms with Crippen LogP contribution in [0.1, 0.15) is 134 Å². The summed E-state index contributed by atoms with van der Waals surface area (Å²) >= 11 is 3.19. The Kier molecular flexibility index (Phi) is 27.9. The number of carbonyl (C=O) groups excluding carboxylic acids is 12. The second-order valence-corrected chi connectivity index (χ2v) is 29.7. The molecule has 16 N–H and O–H groups in total. The monoisotopic (exact) mass is 1430 g/mol. The predicted molar refractivity (Wildman–Crippen MR) is 370 cm³/mol. The lowest BCUT2D eigenvalue weighted by Gasteiger charge is -2.39. The summed E-state index contributed by atoms with van der Waals surface area (Å²) in [5.41, 5.74) is 13.9. The van der Waals surface area contributed by atoms with Crippen molar-refractivity contribution in [3.05, 3.63) is 106 Å². The van der Waals surface area contributed by atoms with E-state index < -0.39 is 121 Å². The van der Waals surface area contributed by atoms with Crippen LogP contribution in [-0.4, -0.2) is 170 Å². The third-order valence-corrected chi connectivity index (χ3v) is 20.7. The summed E-state index contributed by atoms with van der Waals surface area (Å²) in [6, 6.07) is 9.56. The number of urea groups is 1. The Morgan fingerprint density at radius 1 is 0.697 bits per heavy atom. The van der Waals surface area contributed by atoms with E-state index in [0.29, 0.717) is 59.7 Å². The van der Waals surface area contributed by atoms with E-state index in [-0.39, 0.29) is 74.5 Å². The Bertz CT molecular complexity index is 3660. The molecule has 29 nitrogen and oxygen atoms in total. The quantitative estimate of drug-likeness (QED) is 0.0177. The van der Waals surface area contributed by atoms with Crippen molar-refractivity contribution in [2.45, 2.75) is 209 Å². The van der Waals surface area contributed by atoms with Gasteiger partial charge in [0.2, 0.25) is 65.0 Å². The van der Waals surface area contributed by atoms with Gasteiger partial charge in [0.25, 0.3) is 0 Å². The zero-order valence-electron chi connectivity index (χ0n) is 56.5. The molecule has 2 fully saturated rings. The van der Waals surface area contributed by atoms with Crippen molar-refractivity contribution in [2.24, 2.45) is 11.5 Å². The zero-order valence-corrected chi connectivity index (χ0v) is 59.0. The van der Waals surface area contributed by atoms with E-state index in [1.165, 1.54) is 32.1 Å². The van der Waals surface area contributed by atoms with Crippen LogP contribution in [-0.2, 0) is 93.1 Å². The van der Waals surface area contributed by atoms with Crippen LogP contribution in [0.25, 0.3) is 10.1 Å². The van der Waals surface area contributed by atoms with E-state index in [1.807, 2.05) is 62.9 Å². The first-order chi connectivity index (χ1) is 46.7. The van der Waals surface area contributed by atoms with Gasteiger partial charge in [-0.3, -0.25) is 57.3 Å². The summed E-state index contributed by atoms with van der Waals surface area (Å²) < 4.78 is 18.6. The third kappa shape index (κ3) is 23.0. The molecule has 0 bridgehead atoms. The van der Waals surface area contributed by atoms with Crippen LogP contribution in [0.15, 0.2) is 78.2 Å². The number of hydrogen-bond acceptors (Lipinski definition) is 16. The normalized spacial score (nSPS) is 18.9. The maximum Gasteiger partial charge on any atom is 0.469 e. The smallest absolute Gasteiger partial charge is 0.370 e. The molecule has 3 aliphatic heterocycles. The van der Waals surface area contributed by atoms with E-state index in [0.717, 1.165) is 46.1 Å². The fraction of sp³-hybridized carbons (Fsp3) is 0.522. The highest BCUT2D eigenvalue weighted by atomic mass is 32.2. The summed E-state index contributed by atoms with van der Waals surface area (Å²) in [5.74, 6) is -7.92. The van der Waals surface area contributed by atoms with Crippen LogP contribution < -0.4 is 64.6 Å². The first-order valence-corrected chi connectivity index (χ1v) is 36.5. The van der Waals surface area contributed by atoms with Gasteiger partial charge >= 0.3 is 13.9 Å². The second-order valence-electron chi connectivity index (χ2n) is 26.4. The summed E-state index contributed by atoms with van der Waals surface area (Å²) in [7, 11) is -5.47. The lowest BCUT2D eigenvalue weighted by atomic mass is 9.86. The van der Waals surface area contributed by atoms with E-state index in [9.17, 15) is 57.5 Å². The first-order valence-electron chi connectivity index (χ1n) is 33.0. The van der Waals surface area contributed by atoms with Gasteiger partial charge in [0.05, 0.1) is 18.2 Å². The molecule has 0 aliphatic carbocycles. The van der Waals surface area contributed by atoms with Crippen molar-refractivity contribution in [2.75, 3.05) is 12.3 Å². The van der Waals surface area contributed by atoms with Crippen LogP contribution in [0.4, 0.5) is 4.79 Å². The molecule has 12 atom stereocenters. The number of fused-ring (bicyclic) bond motifs is 3. The van der Waals surface area contributed by atoms with Gasteiger partial charge in [-0.1, -0.05) is 93.9 Å².